The quantitative estimate of drug-likeness (QED) is 0.0856. The molecule has 4 unspecified atom stereocenters. The molecule has 18 heteroatoms. The molecule has 316 valence electrons. The van der Waals surface area contributed by atoms with Crippen molar-refractivity contribution in [2.75, 3.05) is 13.1 Å². The number of carboxylic acid groups (broad SMARTS) is 2. The number of aliphatic hydroxyl groups is 2. The Bertz CT molecular complexity index is 1590. The molecule has 2 aromatic carbocycles. The molecule has 0 heterocycles. The number of ether oxygens (including phenoxy) is 1. The third-order valence-corrected chi connectivity index (χ3v) is 8.00. The molecule has 11 N–H and O–H groups in total. The molecule has 0 bridgehead atoms. The first kappa shape index (κ1) is 49.4. The summed E-state index contributed by atoms with van der Waals surface area (Å²) in [4.78, 5) is 83.1. The standard InChI is InChI=1S/C22H33N3O7.C17H25N3O5/c1-5-6-12-15(24-21(31)32-22(2,3)4)18(27)19(28)23-13-16(26)25-17(20(29)30)14-10-8-7-9-11-14;1-2-3-9-12(18)15(22)16(23)19-10-13(21)20-14(17(24)25)11-7-5-4-6-8-11/h7-11,15,17-18,27H,5-6,12-13H2,1-4H3,(H,23,28)(H,24,31)(H,25,26)(H,29,30);4-8,12,14-15,22H,2-3,9-10,18H2,1H3,(H,19,23)(H,20,21)(H,24,25)/t15?,17-,18?;12?,14-,15?/m00/s1. The van der Waals surface area contributed by atoms with Crippen LogP contribution in [0.4, 0.5) is 4.79 Å². The van der Waals surface area contributed by atoms with Crippen LogP contribution in [0.3, 0.4) is 0 Å². The number of carbonyl (C=O) groups excluding carboxylic acids is 5. The van der Waals surface area contributed by atoms with E-state index in [1.807, 2.05) is 13.8 Å². The molecular formula is C39H58N6O12. The van der Waals surface area contributed by atoms with Gasteiger partial charge in [-0.25, -0.2) is 14.4 Å². The van der Waals surface area contributed by atoms with E-state index in [2.05, 4.69) is 26.6 Å². The second-order valence-electron chi connectivity index (χ2n) is 14.0. The number of aliphatic carboxylic acids is 2. The van der Waals surface area contributed by atoms with Gasteiger partial charge in [-0.3, -0.25) is 19.2 Å². The molecule has 5 amide bonds. The molecule has 0 aliphatic rings. The summed E-state index contributed by atoms with van der Waals surface area (Å²) in [5, 5.41) is 50.5. The Balaban J connectivity index is 0.000000587. The minimum atomic E-state index is -1.62. The maximum atomic E-state index is 12.4. The molecule has 57 heavy (non-hydrogen) atoms. The molecule has 0 aromatic heterocycles. The van der Waals surface area contributed by atoms with E-state index < -0.39 is 96.7 Å². The van der Waals surface area contributed by atoms with Gasteiger partial charge in [-0.15, -0.1) is 0 Å². The van der Waals surface area contributed by atoms with Crippen molar-refractivity contribution in [2.24, 2.45) is 5.73 Å². The number of hydrogen-bond acceptors (Lipinski definition) is 11. The van der Waals surface area contributed by atoms with Gasteiger partial charge in [0.25, 0.3) is 11.8 Å². The second kappa shape index (κ2) is 25.5. The topological polar surface area (TPSA) is 296 Å². The van der Waals surface area contributed by atoms with E-state index in [1.54, 1.807) is 81.4 Å². The van der Waals surface area contributed by atoms with Crippen molar-refractivity contribution in [2.45, 2.75) is 115 Å². The molecular weight excluding hydrogens is 744 g/mol. The SMILES string of the molecule is CCCCC(N)C(O)C(=O)NCC(=O)N[C@H](C(=O)O)c1ccccc1.CCCCC(NC(=O)OC(C)(C)C)C(O)C(=O)NCC(=O)N[C@H](C(=O)O)c1ccccc1. The molecule has 2 rings (SSSR count). The van der Waals surface area contributed by atoms with Crippen LogP contribution in [0.25, 0.3) is 0 Å². The number of carboxylic acids is 2. The monoisotopic (exact) mass is 802 g/mol. The summed E-state index contributed by atoms with van der Waals surface area (Å²) < 4.78 is 5.17. The fourth-order valence-electron chi connectivity index (χ4n) is 5.00. The number of nitrogens with one attached hydrogen (secondary N) is 5. The lowest BCUT2D eigenvalue weighted by molar-refractivity contribution is -0.142. The number of aliphatic hydroxyl groups excluding tert-OH is 2. The third kappa shape index (κ3) is 19.7. The average Bonchev–Trinajstić information content (AvgIpc) is 3.17. The van der Waals surface area contributed by atoms with E-state index in [-0.39, 0.29) is 0 Å². The number of hydrogen-bond donors (Lipinski definition) is 10. The largest absolute Gasteiger partial charge is 0.479 e. The highest BCUT2D eigenvalue weighted by Crippen LogP contribution is 2.14. The Labute approximate surface area is 332 Å². The lowest BCUT2D eigenvalue weighted by Gasteiger charge is -2.26. The number of amides is 5. The van der Waals surface area contributed by atoms with Gasteiger partial charge in [-0.05, 0) is 44.7 Å². The van der Waals surface area contributed by atoms with Gasteiger partial charge >= 0.3 is 18.0 Å². The van der Waals surface area contributed by atoms with Crippen molar-refractivity contribution in [1.82, 2.24) is 26.6 Å². The maximum Gasteiger partial charge on any atom is 0.407 e. The number of nitrogens with two attached hydrogens (primary N) is 1. The molecule has 0 fully saturated rings. The minimum Gasteiger partial charge on any atom is -0.479 e. The minimum absolute atomic E-state index is 0.325. The number of benzene rings is 2. The summed E-state index contributed by atoms with van der Waals surface area (Å²) in [5.74, 6) is -5.52. The number of rotatable bonds is 21. The van der Waals surface area contributed by atoms with E-state index in [4.69, 9.17) is 10.5 Å². The van der Waals surface area contributed by atoms with E-state index in [9.17, 15) is 54.0 Å². The predicted molar refractivity (Wildman–Crippen MR) is 208 cm³/mol. The van der Waals surface area contributed by atoms with Gasteiger partial charge in [0.05, 0.1) is 19.1 Å². The molecule has 18 nitrogen and oxygen atoms in total. The smallest absolute Gasteiger partial charge is 0.407 e. The van der Waals surface area contributed by atoms with Crippen LogP contribution >= 0.6 is 0 Å². The van der Waals surface area contributed by atoms with Gasteiger partial charge < -0.3 is 57.5 Å². The van der Waals surface area contributed by atoms with Crippen molar-refractivity contribution >= 4 is 41.7 Å². The number of carbonyl (C=O) groups is 7. The Kier molecular flexibility index (Phi) is 22.2. The first-order valence-corrected chi connectivity index (χ1v) is 18.6. The lowest BCUT2D eigenvalue weighted by atomic mass is 10.0. The first-order valence-electron chi connectivity index (χ1n) is 18.6. The zero-order valence-corrected chi connectivity index (χ0v) is 33.0. The Morgan fingerprint density at radius 2 is 1.05 bits per heavy atom. The summed E-state index contributed by atoms with van der Waals surface area (Å²) in [6.45, 7) is 7.97. The lowest BCUT2D eigenvalue weighted by Crippen LogP contribution is -2.52. The first-order chi connectivity index (χ1) is 26.8. The molecule has 2 aromatic rings. The van der Waals surface area contributed by atoms with Crippen LogP contribution < -0.4 is 32.3 Å². The van der Waals surface area contributed by atoms with E-state index in [0.717, 1.165) is 19.3 Å². The normalized spacial score (nSPS) is 14.0. The number of alkyl carbamates (subject to hydrolysis) is 1. The molecule has 6 atom stereocenters. The Morgan fingerprint density at radius 1 is 0.649 bits per heavy atom. The predicted octanol–water partition coefficient (Wildman–Crippen LogP) is 1.41. The van der Waals surface area contributed by atoms with Gasteiger partial charge in [0.2, 0.25) is 11.8 Å². The average molecular weight is 803 g/mol. The molecule has 0 aliphatic heterocycles. The zero-order valence-electron chi connectivity index (χ0n) is 33.0. The summed E-state index contributed by atoms with van der Waals surface area (Å²) in [6.07, 6.45) is 0.106. The van der Waals surface area contributed by atoms with Gasteiger partial charge in [-0.2, -0.15) is 0 Å². The van der Waals surface area contributed by atoms with E-state index >= 15 is 0 Å². The molecule has 0 saturated heterocycles. The van der Waals surface area contributed by atoms with Gasteiger partial charge in [0, 0.05) is 6.04 Å². The number of unbranched alkanes of at least 4 members (excludes halogenated alkanes) is 2. The van der Waals surface area contributed by atoms with Crippen LogP contribution in [0.5, 0.6) is 0 Å². The van der Waals surface area contributed by atoms with Crippen LogP contribution in [0.1, 0.15) is 96.4 Å². The Morgan fingerprint density at radius 3 is 1.44 bits per heavy atom. The highest BCUT2D eigenvalue weighted by Gasteiger charge is 2.30. The van der Waals surface area contributed by atoms with Gasteiger partial charge in [0.15, 0.2) is 18.2 Å². The van der Waals surface area contributed by atoms with E-state index in [0.29, 0.717) is 30.4 Å². The zero-order chi connectivity index (χ0) is 43.1. The summed E-state index contributed by atoms with van der Waals surface area (Å²) >= 11 is 0. The summed E-state index contributed by atoms with van der Waals surface area (Å²) in [7, 11) is 0. The summed E-state index contributed by atoms with van der Waals surface area (Å²) in [5.41, 5.74) is 5.76. The Hall–Kier alpha value is -5.59. The third-order valence-electron chi connectivity index (χ3n) is 8.00. The van der Waals surface area contributed by atoms with Crippen molar-refractivity contribution < 1.29 is 58.7 Å². The maximum absolute atomic E-state index is 12.4. The van der Waals surface area contributed by atoms with Crippen LogP contribution in [0, 0.1) is 0 Å². The highest BCUT2D eigenvalue weighted by molar-refractivity contribution is 5.91. The van der Waals surface area contributed by atoms with Crippen LogP contribution in [-0.2, 0) is 33.5 Å². The van der Waals surface area contributed by atoms with Gasteiger partial charge in [0.1, 0.15) is 11.7 Å². The van der Waals surface area contributed by atoms with Crippen molar-refractivity contribution in [1.29, 1.82) is 0 Å². The fourth-order valence-corrected chi connectivity index (χ4v) is 5.00. The van der Waals surface area contributed by atoms with Crippen LogP contribution in [0.2, 0.25) is 0 Å². The molecule has 0 radical (unpaired) electrons. The molecule has 0 aliphatic carbocycles. The van der Waals surface area contributed by atoms with Crippen molar-refractivity contribution in [3.05, 3.63) is 71.8 Å². The van der Waals surface area contributed by atoms with Crippen molar-refractivity contribution in [3.8, 4) is 0 Å². The second-order valence-corrected chi connectivity index (χ2v) is 14.0. The van der Waals surface area contributed by atoms with Gasteiger partial charge in [-0.1, -0.05) is 100 Å². The van der Waals surface area contributed by atoms with Crippen molar-refractivity contribution in [3.63, 3.8) is 0 Å². The summed E-state index contributed by atoms with van der Waals surface area (Å²) in [6, 6.07) is 12.2. The highest BCUT2D eigenvalue weighted by atomic mass is 16.6. The molecule has 0 spiro atoms. The molecule has 0 saturated carbocycles. The van der Waals surface area contributed by atoms with Crippen LogP contribution in [-0.4, -0.2) is 105 Å². The fraction of sp³-hybridized carbons (Fsp3) is 0.513. The van der Waals surface area contributed by atoms with Crippen LogP contribution in [0.15, 0.2) is 60.7 Å². The van der Waals surface area contributed by atoms with E-state index in [1.165, 1.54) is 0 Å².